The Labute approximate surface area is 80.7 Å². The number of benzene rings is 1. The van der Waals surface area contributed by atoms with Crippen LogP contribution >= 0.6 is 11.6 Å². The van der Waals surface area contributed by atoms with Gasteiger partial charge in [0.15, 0.2) is 5.78 Å². The second-order valence-electron chi connectivity index (χ2n) is 2.50. The molecular formula is C9H7ClN2O. The third-order valence-corrected chi connectivity index (χ3v) is 1.85. The largest absolute Gasteiger partial charge is 0.399 e. The van der Waals surface area contributed by atoms with E-state index in [-0.39, 0.29) is 12.2 Å². The smallest absolute Gasteiger partial charge is 0.178 e. The van der Waals surface area contributed by atoms with Crippen molar-refractivity contribution in [2.24, 2.45) is 0 Å². The van der Waals surface area contributed by atoms with E-state index in [9.17, 15) is 4.79 Å². The van der Waals surface area contributed by atoms with Crippen molar-refractivity contribution in [1.82, 2.24) is 0 Å². The normalized spacial score (nSPS) is 9.23. The quantitative estimate of drug-likeness (QED) is 0.579. The number of nitrogens with zero attached hydrogens (tertiary/aromatic N) is 1. The maximum Gasteiger partial charge on any atom is 0.178 e. The van der Waals surface area contributed by atoms with Crippen LogP contribution in [-0.4, -0.2) is 5.78 Å². The molecule has 0 bridgehead atoms. The van der Waals surface area contributed by atoms with Gasteiger partial charge in [0.25, 0.3) is 0 Å². The summed E-state index contributed by atoms with van der Waals surface area (Å²) in [6.45, 7) is 0. The number of Topliss-reactive ketones (excluding diaryl/α,β-unsaturated/α-hetero) is 1. The van der Waals surface area contributed by atoms with E-state index in [1.54, 1.807) is 12.1 Å². The standard InChI is InChI=1S/C9H7ClN2O/c10-8-5-6(12)1-2-7(8)9(13)3-4-11/h1-2,5H,3,12H2. The van der Waals surface area contributed by atoms with Gasteiger partial charge >= 0.3 is 0 Å². The van der Waals surface area contributed by atoms with Crippen molar-refractivity contribution < 1.29 is 4.79 Å². The number of nitrogen functional groups attached to an aromatic ring is 1. The van der Waals surface area contributed by atoms with Crippen LogP contribution in [0.5, 0.6) is 0 Å². The number of nitrogens with two attached hydrogens (primary N) is 1. The van der Waals surface area contributed by atoms with Gasteiger partial charge in [-0.05, 0) is 18.2 Å². The summed E-state index contributed by atoms with van der Waals surface area (Å²) in [6, 6.07) is 6.37. The fourth-order valence-electron chi connectivity index (χ4n) is 0.925. The predicted octanol–water partition coefficient (Wildman–Crippen LogP) is 2.02. The molecule has 0 saturated heterocycles. The van der Waals surface area contributed by atoms with Crippen LogP contribution in [0.1, 0.15) is 16.8 Å². The van der Waals surface area contributed by atoms with E-state index < -0.39 is 0 Å². The third-order valence-electron chi connectivity index (χ3n) is 1.53. The average Bonchev–Trinajstić information content (AvgIpc) is 2.04. The van der Waals surface area contributed by atoms with Crippen LogP contribution in [0.15, 0.2) is 18.2 Å². The van der Waals surface area contributed by atoms with Gasteiger partial charge in [-0.3, -0.25) is 4.79 Å². The fraction of sp³-hybridized carbons (Fsp3) is 0.111. The van der Waals surface area contributed by atoms with Crippen molar-refractivity contribution in [2.75, 3.05) is 5.73 Å². The summed E-state index contributed by atoms with van der Waals surface area (Å²) in [4.78, 5) is 11.2. The molecule has 4 heteroatoms. The van der Waals surface area contributed by atoms with Gasteiger partial charge in [0.2, 0.25) is 0 Å². The molecule has 0 amide bonds. The zero-order chi connectivity index (χ0) is 9.84. The van der Waals surface area contributed by atoms with E-state index in [1.807, 2.05) is 0 Å². The topological polar surface area (TPSA) is 66.9 Å². The first kappa shape index (κ1) is 9.56. The minimum atomic E-state index is -0.285. The lowest BCUT2D eigenvalue weighted by molar-refractivity contribution is 0.0998. The van der Waals surface area contributed by atoms with Crippen LogP contribution < -0.4 is 5.73 Å². The highest BCUT2D eigenvalue weighted by atomic mass is 35.5. The first-order valence-corrected chi connectivity index (χ1v) is 3.98. The van der Waals surface area contributed by atoms with Crippen molar-refractivity contribution >= 4 is 23.1 Å². The molecule has 1 aromatic carbocycles. The predicted molar refractivity (Wildman–Crippen MR) is 50.4 cm³/mol. The van der Waals surface area contributed by atoms with Crippen molar-refractivity contribution in [3.8, 4) is 6.07 Å². The molecule has 1 rings (SSSR count). The molecule has 3 nitrogen and oxygen atoms in total. The molecule has 0 heterocycles. The summed E-state index contributed by atoms with van der Waals surface area (Å²) in [5.41, 5.74) is 6.28. The number of rotatable bonds is 2. The lowest BCUT2D eigenvalue weighted by Crippen LogP contribution is -1.99. The molecule has 0 spiro atoms. The van der Waals surface area contributed by atoms with Crippen LogP contribution in [0.25, 0.3) is 0 Å². The summed E-state index contributed by atoms with van der Waals surface area (Å²) in [5, 5.41) is 8.60. The van der Waals surface area contributed by atoms with Crippen molar-refractivity contribution in [3.05, 3.63) is 28.8 Å². The zero-order valence-corrected chi connectivity index (χ0v) is 7.51. The monoisotopic (exact) mass is 194 g/mol. The lowest BCUT2D eigenvalue weighted by Gasteiger charge is -2.00. The highest BCUT2D eigenvalue weighted by Crippen LogP contribution is 2.20. The summed E-state index contributed by atoms with van der Waals surface area (Å²) in [7, 11) is 0. The van der Waals surface area contributed by atoms with E-state index in [2.05, 4.69) is 0 Å². The Balaban J connectivity index is 3.03. The molecule has 0 radical (unpaired) electrons. The molecule has 0 fully saturated rings. The number of carbonyl (C=O) groups excluding carboxylic acids is 1. The minimum absolute atomic E-state index is 0.163. The molecule has 0 saturated carbocycles. The molecule has 0 aromatic heterocycles. The third kappa shape index (κ3) is 2.20. The van der Waals surface area contributed by atoms with Crippen molar-refractivity contribution in [3.63, 3.8) is 0 Å². The van der Waals surface area contributed by atoms with Crippen LogP contribution in [0, 0.1) is 11.3 Å². The number of hydrogen-bond donors (Lipinski definition) is 1. The Morgan fingerprint density at radius 3 is 2.85 bits per heavy atom. The summed E-state index contributed by atoms with van der Waals surface area (Å²) in [6.07, 6.45) is -0.163. The summed E-state index contributed by atoms with van der Waals surface area (Å²) >= 11 is 5.75. The van der Waals surface area contributed by atoms with Gasteiger partial charge in [0, 0.05) is 11.3 Å². The van der Waals surface area contributed by atoms with Gasteiger partial charge in [-0.25, -0.2) is 0 Å². The van der Waals surface area contributed by atoms with E-state index in [0.29, 0.717) is 16.3 Å². The second kappa shape index (κ2) is 3.92. The Bertz CT molecular complexity index is 382. The van der Waals surface area contributed by atoms with Crippen LogP contribution in [0.2, 0.25) is 5.02 Å². The molecule has 0 aliphatic heterocycles. The summed E-state index contributed by atoms with van der Waals surface area (Å²) < 4.78 is 0. The maximum absolute atomic E-state index is 11.2. The summed E-state index contributed by atoms with van der Waals surface area (Å²) in [5.74, 6) is -0.285. The average molecular weight is 195 g/mol. The van der Waals surface area contributed by atoms with Crippen LogP contribution in [-0.2, 0) is 0 Å². The Kier molecular flexibility index (Phi) is 2.88. The Morgan fingerprint density at radius 2 is 2.31 bits per heavy atom. The lowest BCUT2D eigenvalue weighted by atomic mass is 10.1. The molecule has 0 atom stereocenters. The van der Waals surface area contributed by atoms with Crippen molar-refractivity contribution in [2.45, 2.75) is 6.42 Å². The first-order chi connectivity index (χ1) is 6.15. The van der Waals surface area contributed by atoms with E-state index >= 15 is 0 Å². The second-order valence-corrected chi connectivity index (χ2v) is 2.90. The van der Waals surface area contributed by atoms with Gasteiger partial charge in [0.05, 0.1) is 17.5 Å². The highest BCUT2D eigenvalue weighted by molar-refractivity contribution is 6.34. The van der Waals surface area contributed by atoms with E-state index in [0.717, 1.165) is 0 Å². The van der Waals surface area contributed by atoms with Gasteiger partial charge in [-0.1, -0.05) is 11.6 Å². The number of halogens is 1. The van der Waals surface area contributed by atoms with Crippen LogP contribution in [0.4, 0.5) is 5.69 Å². The fourth-order valence-corrected chi connectivity index (χ4v) is 1.22. The van der Waals surface area contributed by atoms with Gasteiger partial charge in [-0.15, -0.1) is 0 Å². The minimum Gasteiger partial charge on any atom is -0.399 e. The van der Waals surface area contributed by atoms with Gasteiger partial charge in [0.1, 0.15) is 0 Å². The first-order valence-electron chi connectivity index (χ1n) is 3.60. The van der Waals surface area contributed by atoms with Crippen LogP contribution in [0.3, 0.4) is 0 Å². The number of anilines is 1. The van der Waals surface area contributed by atoms with E-state index in [1.165, 1.54) is 12.1 Å². The highest BCUT2D eigenvalue weighted by Gasteiger charge is 2.09. The Morgan fingerprint density at radius 1 is 1.62 bits per heavy atom. The molecule has 13 heavy (non-hydrogen) atoms. The molecule has 0 aliphatic rings. The van der Waals surface area contributed by atoms with Crippen molar-refractivity contribution in [1.29, 1.82) is 5.26 Å². The number of ketones is 1. The Hall–Kier alpha value is -1.53. The number of hydrogen-bond acceptors (Lipinski definition) is 3. The number of carbonyl (C=O) groups is 1. The molecular weight excluding hydrogens is 188 g/mol. The molecule has 2 N–H and O–H groups in total. The van der Waals surface area contributed by atoms with Gasteiger partial charge in [-0.2, -0.15) is 5.26 Å². The molecule has 66 valence electrons. The number of nitriles is 1. The molecule has 1 aromatic rings. The van der Waals surface area contributed by atoms with Gasteiger partial charge < -0.3 is 5.73 Å². The van der Waals surface area contributed by atoms with E-state index in [4.69, 9.17) is 22.6 Å². The molecule has 0 unspecified atom stereocenters. The molecule has 0 aliphatic carbocycles. The zero-order valence-electron chi connectivity index (χ0n) is 6.75. The SMILES string of the molecule is N#CCC(=O)c1ccc(N)cc1Cl. The maximum atomic E-state index is 11.2.